The highest BCUT2D eigenvalue weighted by atomic mass is 35.5. The van der Waals surface area contributed by atoms with Gasteiger partial charge in [0, 0.05) is 23.6 Å². The number of aromatic nitrogens is 2. The van der Waals surface area contributed by atoms with Crippen LogP contribution in [0.4, 0.5) is 5.69 Å². The average Bonchev–Trinajstić information content (AvgIpc) is 3.18. The van der Waals surface area contributed by atoms with Crippen LogP contribution < -0.4 is 14.8 Å². The lowest BCUT2D eigenvalue weighted by Gasteiger charge is -2.20. The number of pyridine rings is 1. The van der Waals surface area contributed by atoms with E-state index < -0.39 is 0 Å². The third-order valence-electron chi connectivity index (χ3n) is 4.85. The van der Waals surface area contributed by atoms with Crippen molar-refractivity contribution in [3.63, 3.8) is 0 Å². The van der Waals surface area contributed by atoms with Crippen LogP contribution in [0.15, 0.2) is 67.0 Å². The molecule has 0 saturated carbocycles. The first-order valence-corrected chi connectivity index (χ1v) is 9.95. The van der Waals surface area contributed by atoms with Gasteiger partial charge in [-0.3, -0.25) is 4.79 Å². The van der Waals surface area contributed by atoms with Gasteiger partial charge in [-0.15, -0.1) is 0 Å². The van der Waals surface area contributed by atoms with Gasteiger partial charge in [-0.25, -0.2) is 4.98 Å². The van der Waals surface area contributed by atoms with E-state index in [4.69, 9.17) is 21.1 Å². The standard InChI is InChI=1S/C23H18ClN3O3/c24-18-11-15(12-20-23(18)30-10-9-29-20)13-22(28)25-17-6-4-16(5-7-17)19-14-27-8-2-1-3-21(27)26-19/h1-8,11-12,14H,9-10,13H2,(H,25,28). The Hall–Kier alpha value is -3.51. The number of carbonyl (C=O) groups is 1. The molecule has 1 N–H and O–H groups in total. The molecule has 5 rings (SSSR count). The third kappa shape index (κ3) is 3.69. The van der Waals surface area contributed by atoms with Gasteiger partial charge in [-0.2, -0.15) is 0 Å². The zero-order valence-corrected chi connectivity index (χ0v) is 16.7. The molecule has 4 aromatic rings. The minimum Gasteiger partial charge on any atom is -0.486 e. The molecule has 0 spiro atoms. The molecule has 6 nitrogen and oxygen atoms in total. The first-order chi connectivity index (χ1) is 14.7. The van der Waals surface area contributed by atoms with Gasteiger partial charge >= 0.3 is 0 Å². The van der Waals surface area contributed by atoms with Crippen molar-refractivity contribution in [3.8, 4) is 22.8 Å². The number of fused-ring (bicyclic) bond motifs is 2. The highest BCUT2D eigenvalue weighted by Crippen LogP contribution is 2.38. The van der Waals surface area contributed by atoms with Gasteiger partial charge in [0.15, 0.2) is 11.5 Å². The molecule has 2 aromatic heterocycles. The fraction of sp³-hybridized carbons (Fsp3) is 0.130. The highest BCUT2D eigenvalue weighted by molar-refractivity contribution is 6.32. The fourth-order valence-corrected chi connectivity index (χ4v) is 3.74. The largest absolute Gasteiger partial charge is 0.486 e. The second-order valence-electron chi connectivity index (χ2n) is 7.00. The SMILES string of the molecule is O=C(Cc1cc(Cl)c2c(c1)OCCO2)Nc1ccc(-c2cn3ccccc3n2)cc1. The third-order valence-corrected chi connectivity index (χ3v) is 5.13. The number of hydrogen-bond donors (Lipinski definition) is 1. The van der Waals surface area contributed by atoms with E-state index in [1.54, 1.807) is 12.1 Å². The summed E-state index contributed by atoms with van der Waals surface area (Å²) in [5.74, 6) is 0.978. The Labute approximate surface area is 178 Å². The summed E-state index contributed by atoms with van der Waals surface area (Å²) < 4.78 is 13.1. The molecule has 0 fully saturated rings. The minimum atomic E-state index is -0.136. The Morgan fingerprint density at radius 2 is 1.93 bits per heavy atom. The van der Waals surface area contributed by atoms with Crippen LogP contribution in [0.3, 0.4) is 0 Å². The maximum absolute atomic E-state index is 12.5. The fourth-order valence-electron chi connectivity index (χ4n) is 3.45. The zero-order valence-electron chi connectivity index (χ0n) is 16.0. The number of hydrogen-bond acceptors (Lipinski definition) is 4. The van der Waals surface area contributed by atoms with E-state index in [0.29, 0.717) is 29.7 Å². The molecule has 1 aliphatic rings. The molecule has 0 aliphatic carbocycles. The van der Waals surface area contributed by atoms with E-state index in [-0.39, 0.29) is 12.3 Å². The number of amides is 1. The van der Waals surface area contributed by atoms with E-state index in [1.165, 1.54) is 0 Å². The van der Waals surface area contributed by atoms with Gasteiger partial charge in [-0.05, 0) is 42.0 Å². The van der Waals surface area contributed by atoms with Crippen molar-refractivity contribution >= 4 is 28.8 Å². The Morgan fingerprint density at radius 3 is 2.77 bits per heavy atom. The second kappa shape index (κ2) is 7.72. The summed E-state index contributed by atoms with van der Waals surface area (Å²) in [6, 6.07) is 17.0. The topological polar surface area (TPSA) is 64.9 Å². The Kier molecular flexibility index (Phi) is 4.77. The first kappa shape index (κ1) is 18.5. The highest BCUT2D eigenvalue weighted by Gasteiger charge is 2.17. The van der Waals surface area contributed by atoms with E-state index in [9.17, 15) is 4.79 Å². The molecule has 3 heterocycles. The van der Waals surface area contributed by atoms with E-state index in [2.05, 4.69) is 10.3 Å². The molecule has 150 valence electrons. The van der Waals surface area contributed by atoms with Crippen molar-refractivity contribution in [2.75, 3.05) is 18.5 Å². The smallest absolute Gasteiger partial charge is 0.228 e. The minimum absolute atomic E-state index is 0.136. The predicted octanol–water partition coefficient (Wildman–Crippen LogP) is 4.61. The summed E-state index contributed by atoms with van der Waals surface area (Å²) >= 11 is 6.25. The van der Waals surface area contributed by atoms with Crippen molar-refractivity contribution in [3.05, 3.63) is 77.6 Å². The van der Waals surface area contributed by atoms with Crippen molar-refractivity contribution in [1.82, 2.24) is 9.38 Å². The number of nitrogens with one attached hydrogen (secondary N) is 1. The summed E-state index contributed by atoms with van der Waals surface area (Å²) in [4.78, 5) is 17.1. The lowest BCUT2D eigenvalue weighted by atomic mass is 10.1. The maximum atomic E-state index is 12.5. The van der Waals surface area contributed by atoms with Crippen LogP contribution in [-0.4, -0.2) is 28.5 Å². The van der Waals surface area contributed by atoms with Crippen LogP contribution in [0.2, 0.25) is 5.02 Å². The number of nitrogens with zero attached hydrogens (tertiary/aromatic N) is 2. The molecule has 0 radical (unpaired) electrons. The molecular formula is C23H18ClN3O3. The number of halogens is 1. The number of anilines is 1. The lowest BCUT2D eigenvalue weighted by Crippen LogP contribution is -2.17. The number of ether oxygens (including phenoxy) is 2. The summed E-state index contributed by atoms with van der Waals surface area (Å²) in [7, 11) is 0. The van der Waals surface area contributed by atoms with Crippen LogP contribution in [0.1, 0.15) is 5.56 Å². The van der Waals surface area contributed by atoms with Gasteiger partial charge in [0.05, 0.1) is 17.1 Å². The molecule has 0 atom stereocenters. The van der Waals surface area contributed by atoms with Gasteiger partial charge in [0.25, 0.3) is 0 Å². The Bertz CT molecular complexity index is 1200. The molecule has 2 aromatic carbocycles. The number of rotatable bonds is 4. The Balaban J connectivity index is 1.28. The second-order valence-corrected chi connectivity index (χ2v) is 7.40. The molecule has 1 amide bonds. The quantitative estimate of drug-likeness (QED) is 0.524. The number of benzene rings is 2. The lowest BCUT2D eigenvalue weighted by molar-refractivity contribution is -0.115. The van der Waals surface area contributed by atoms with Crippen LogP contribution in [0.5, 0.6) is 11.5 Å². The summed E-state index contributed by atoms with van der Waals surface area (Å²) in [6.45, 7) is 0.940. The number of carbonyl (C=O) groups excluding carboxylic acids is 1. The van der Waals surface area contributed by atoms with Crippen LogP contribution in [-0.2, 0) is 11.2 Å². The molecule has 7 heteroatoms. The average molecular weight is 420 g/mol. The summed E-state index contributed by atoms with van der Waals surface area (Å²) in [5.41, 5.74) is 4.24. The van der Waals surface area contributed by atoms with Crippen LogP contribution in [0.25, 0.3) is 16.9 Å². The van der Waals surface area contributed by atoms with Gasteiger partial charge in [0.1, 0.15) is 18.9 Å². The monoisotopic (exact) mass is 419 g/mol. The molecule has 0 saturated heterocycles. The summed E-state index contributed by atoms with van der Waals surface area (Å²) in [5, 5.41) is 3.37. The Morgan fingerprint density at radius 1 is 1.10 bits per heavy atom. The van der Waals surface area contributed by atoms with Gasteiger partial charge < -0.3 is 19.2 Å². The van der Waals surface area contributed by atoms with Crippen molar-refractivity contribution in [2.24, 2.45) is 0 Å². The molecular weight excluding hydrogens is 402 g/mol. The zero-order chi connectivity index (χ0) is 20.5. The molecule has 0 bridgehead atoms. The van der Waals surface area contributed by atoms with Gasteiger partial charge in [-0.1, -0.05) is 29.8 Å². The van der Waals surface area contributed by atoms with Crippen LogP contribution >= 0.6 is 11.6 Å². The predicted molar refractivity (Wildman–Crippen MR) is 115 cm³/mol. The van der Waals surface area contributed by atoms with Crippen molar-refractivity contribution in [1.29, 1.82) is 0 Å². The van der Waals surface area contributed by atoms with Crippen LogP contribution in [0, 0.1) is 0 Å². The van der Waals surface area contributed by atoms with Gasteiger partial charge in [0.2, 0.25) is 5.91 Å². The maximum Gasteiger partial charge on any atom is 0.228 e. The van der Waals surface area contributed by atoms with Crippen molar-refractivity contribution < 1.29 is 14.3 Å². The normalized spacial score (nSPS) is 12.7. The molecule has 30 heavy (non-hydrogen) atoms. The number of imidazole rings is 1. The summed E-state index contributed by atoms with van der Waals surface area (Å²) in [6.07, 6.45) is 4.13. The van der Waals surface area contributed by atoms with E-state index in [1.807, 2.05) is 59.3 Å². The van der Waals surface area contributed by atoms with E-state index >= 15 is 0 Å². The molecule has 1 aliphatic heterocycles. The van der Waals surface area contributed by atoms with Crippen molar-refractivity contribution in [2.45, 2.75) is 6.42 Å². The van der Waals surface area contributed by atoms with E-state index in [0.717, 1.165) is 28.2 Å². The molecule has 0 unspecified atom stereocenters. The first-order valence-electron chi connectivity index (χ1n) is 9.58.